The van der Waals surface area contributed by atoms with Gasteiger partial charge in [-0.2, -0.15) is 0 Å². The first-order chi connectivity index (χ1) is 14.8. The Hall–Kier alpha value is -3.44. The number of thioether (sulfide) groups is 1. The molecule has 3 aromatic rings. The number of nitrogens with one attached hydrogen (secondary N) is 2. The Balaban J connectivity index is 1.50. The molecule has 0 spiro atoms. The molecule has 0 bridgehead atoms. The molecule has 31 heavy (non-hydrogen) atoms. The van der Waals surface area contributed by atoms with Crippen molar-refractivity contribution >= 4 is 46.6 Å². The summed E-state index contributed by atoms with van der Waals surface area (Å²) in [5, 5.41) is 25.2. The summed E-state index contributed by atoms with van der Waals surface area (Å²) in [6.45, 7) is 0.167. The van der Waals surface area contributed by atoms with Crippen LogP contribution in [0.25, 0.3) is 0 Å². The number of nitrogens with zero attached hydrogens (tertiary/aromatic N) is 4. The second kappa shape index (κ2) is 10.0. The fraction of sp³-hybridized carbons (Fsp3) is 0.158. The number of hydrogen-bond donors (Lipinski definition) is 2. The van der Waals surface area contributed by atoms with Crippen LogP contribution in [0.4, 0.5) is 11.4 Å². The normalized spacial score (nSPS) is 10.5. The average molecular weight is 461 g/mol. The fourth-order valence-electron chi connectivity index (χ4n) is 2.48. The van der Waals surface area contributed by atoms with Gasteiger partial charge in [-0.3, -0.25) is 19.7 Å². The minimum atomic E-state index is -0.509. The lowest BCUT2D eigenvalue weighted by atomic mass is 10.2. The van der Waals surface area contributed by atoms with Gasteiger partial charge in [-0.15, -0.1) is 10.2 Å². The van der Waals surface area contributed by atoms with Crippen LogP contribution in [0.1, 0.15) is 16.2 Å². The van der Waals surface area contributed by atoms with Crippen LogP contribution in [0.3, 0.4) is 0 Å². The number of rotatable bonds is 8. The molecular weight excluding hydrogens is 444 g/mol. The number of amides is 2. The highest BCUT2D eigenvalue weighted by molar-refractivity contribution is 7.99. The van der Waals surface area contributed by atoms with Gasteiger partial charge in [0.25, 0.3) is 11.6 Å². The first-order valence-electron chi connectivity index (χ1n) is 8.92. The Morgan fingerprint density at radius 1 is 1.13 bits per heavy atom. The van der Waals surface area contributed by atoms with E-state index in [2.05, 4.69) is 20.8 Å². The van der Waals surface area contributed by atoms with Crippen LogP contribution in [-0.2, 0) is 18.4 Å². The number of benzene rings is 2. The number of non-ortho nitro benzene ring substituents is 1. The summed E-state index contributed by atoms with van der Waals surface area (Å²) < 4.78 is 1.69. The maximum atomic E-state index is 12.2. The molecule has 0 aliphatic heterocycles. The van der Waals surface area contributed by atoms with Crippen LogP contribution < -0.4 is 10.6 Å². The van der Waals surface area contributed by atoms with E-state index in [4.69, 9.17) is 11.6 Å². The Labute approximate surface area is 186 Å². The van der Waals surface area contributed by atoms with E-state index in [1.807, 2.05) is 0 Å². The van der Waals surface area contributed by atoms with Crippen molar-refractivity contribution in [2.24, 2.45) is 7.05 Å². The molecule has 12 heteroatoms. The van der Waals surface area contributed by atoms with Crippen LogP contribution in [-0.4, -0.2) is 37.3 Å². The molecule has 10 nitrogen and oxygen atoms in total. The number of carbonyl (C=O) groups excluding carboxylic acids is 2. The van der Waals surface area contributed by atoms with Gasteiger partial charge in [0.15, 0.2) is 11.0 Å². The maximum absolute atomic E-state index is 12.2. The smallest absolute Gasteiger partial charge is 0.269 e. The van der Waals surface area contributed by atoms with Crippen molar-refractivity contribution < 1.29 is 14.5 Å². The molecule has 2 N–H and O–H groups in total. The summed E-state index contributed by atoms with van der Waals surface area (Å²) in [5.41, 5.74) is 0.881. The van der Waals surface area contributed by atoms with E-state index in [9.17, 15) is 19.7 Å². The zero-order chi connectivity index (χ0) is 22.4. The number of nitro groups is 1. The maximum Gasteiger partial charge on any atom is 0.269 e. The molecule has 160 valence electrons. The average Bonchev–Trinajstić information content (AvgIpc) is 3.11. The van der Waals surface area contributed by atoms with E-state index in [1.54, 1.807) is 35.9 Å². The molecule has 0 aliphatic rings. The van der Waals surface area contributed by atoms with Crippen molar-refractivity contribution in [2.75, 3.05) is 11.1 Å². The van der Waals surface area contributed by atoms with Crippen molar-refractivity contribution in [3.63, 3.8) is 0 Å². The molecule has 3 rings (SSSR count). The molecule has 0 unspecified atom stereocenters. The Morgan fingerprint density at radius 2 is 1.81 bits per heavy atom. The molecule has 2 amide bonds. The van der Waals surface area contributed by atoms with Gasteiger partial charge in [-0.25, -0.2) is 0 Å². The van der Waals surface area contributed by atoms with E-state index in [-0.39, 0.29) is 29.8 Å². The summed E-state index contributed by atoms with van der Waals surface area (Å²) in [6, 6.07) is 12.1. The Bertz CT molecular complexity index is 1100. The van der Waals surface area contributed by atoms with Crippen molar-refractivity contribution in [1.82, 2.24) is 20.1 Å². The summed E-state index contributed by atoms with van der Waals surface area (Å²) in [5.74, 6) is 0.0384. The number of halogens is 1. The summed E-state index contributed by atoms with van der Waals surface area (Å²) in [6.07, 6.45) is 0. The highest BCUT2D eigenvalue weighted by Crippen LogP contribution is 2.18. The molecule has 0 atom stereocenters. The van der Waals surface area contributed by atoms with Crippen molar-refractivity contribution in [3.8, 4) is 0 Å². The number of aromatic nitrogens is 3. The third-order valence-electron chi connectivity index (χ3n) is 4.13. The minimum absolute atomic E-state index is 0.0536. The fourth-order valence-corrected chi connectivity index (χ4v) is 3.34. The molecule has 1 heterocycles. The van der Waals surface area contributed by atoms with Crippen molar-refractivity contribution in [2.45, 2.75) is 11.7 Å². The number of carbonyl (C=O) groups is 2. The van der Waals surface area contributed by atoms with Crippen molar-refractivity contribution in [1.29, 1.82) is 0 Å². The lowest BCUT2D eigenvalue weighted by Crippen LogP contribution is -2.24. The van der Waals surface area contributed by atoms with Crippen LogP contribution in [0.15, 0.2) is 53.7 Å². The molecular formula is C19H17ClN6O4S. The Morgan fingerprint density at radius 3 is 2.45 bits per heavy atom. The SMILES string of the molecule is Cn1c(CNC(=O)c2ccc(Cl)cc2)nnc1SCC(=O)Nc1ccc([N+](=O)[O-])cc1. The van der Waals surface area contributed by atoms with E-state index in [0.29, 0.717) is 27.3 Å². The van der Waals surface area contributed by atoms with Gasteiger partial charge in [-0.1, -0.05) is 23.4 Å². The van der Waals surface area contributed by atoms with Crippen LogP contribution in [0.5, 0.6) is 0 Å². The zero-order valence-electron chi connectivity index (χ0n) is 16.2. The van der Waals surface area contributed by atoms with Crippen LogP contribution >= 0.6 is 23.4 Å². The van der Waals surface area contributed by atoms with E-state index in [1.165, 1.54) is 36.0 Å². The molecule has 2 aromatic carbocycles. The summed E-state index contributed by atoms with van der Waals surface area (Å²) in [4.78, 5) is 34.5. The molecule has 0 aliphatic carbocycles. The second-order valence-corrected chi connectivity index (χ2v) is 7.67. The number of nitro benzene ring substituents is 1. The molecule has 0 fully saturated rings. The second-order valence-electron chi connectivity index (χ2n) is 6.29. The van der Waals surface area contributed by atoms with Gasteiger partial charge in [0.1, 0.15) is 0 Å². The molecule has 0 saturated heterocycles. The molecule has 1 aromatic heterocycles. The number of anilines is 1. The topological polar surface area (TPSA) is 132 Å². The standard InChI is InChI=1S/C19H17ClN6O4S/c1-25-16(10-21-18(28)12-2-4-13(20)5-3-12)23-24-19(25)31-11-17(27)22-14-6-8-15(9-7-14)26(29)30/h2-9H,10-11H2,1H3,(H,21,28)(H,22,27). The predicted molar refractivity (Wildman–Crippen MR) is 116 cm³/mol. The third kappa shape index (κ3) is 6.03. The predicted octanol–water partition coefficient (Wildman–Crippen LogP) is 3.04. The first-order valence-corrected chi connectivity index (χ1v) is 10.3. The summed E-state index contributed by atoms with van der Waals surface area (Å²) >= 11 is 7.00. The van der Waals surface area contributed by atoms with E-state index >= 15 is 0 Å². The highest BCUT2D eigenvalue weighted by Gasteiger charge is 2.13. The van der Waals surface area contributed by atoms with E-state index < -0.39 is 4.92 Å². The van der Waals surface area contributed by atoms with E-state index in [0.717, 1.165) is 0 Å². The van der Waals surface area contributed by atoms with Crippen molar-refractivity contribution in [3.05, 3.63) is 75.1 Å². The largest absolute Gasteiger partial charge is 0.345 e. The van der Waals surface area contributed by atoms with Gasteiger partial charge >= 0.3 is 0 Å². The summed E-state index contributed by atoms with van der Waals surface area (Å²) in [7, 11) is 1.74. The monoisotopic (exact) mass is 460 g/mol. The van der Waals surface area contributed by atoms with Crippen LogP contribution in [0.2, 0.25) is 5.02 Å². The van der Waals surface area contributed by atoms with Crippen LogP contribution in [0, 0.1) is 10.1 Å². The lowest BCUT2D eigenvalue weighted by molar-refractivity contribution is -0.384. The molecule has 0 radical (unpaired) electrons. The highest BCUT2D eigenvalue weighted by atomic mass is 35.5. The van der Waals surface area contributed by atoms with Gasteiger partial charge in [0, 0.05) is 35.5 Å². The lowest BCUT2D eigenvalue weighted by Gasteiger charge is -2.07. The third-order valence-corrected chi connectivity index (χ3v) is 5.41. The number of hydrogen-bond acceptors (Lipinski definition) is 7. The van der Waals surface area contributed by atoms with Gasteiger partial charge in [0.2, 0.25) is 5.91 Å². The first kappa shape index (κ1) is 22.2. The molecule has 0 saturated carbocycles. The van der Waals surface area contributed by atoms with Gasteiger partial charge in [-0.05, 0) is 36.4 Å². The van der Waals surface area contributed by atoms with Gasteiger partial charge < -0.3 is 15.2 Å². The quantitative estimate of drug-likeness (QED) is 0.300. The zero-order valence-corrected chi connectivity index (χ0v) is 17.8. The Kier molecular flexibility index (Phi) is 7.21. The van der Waals surface area contributed by atoms with Gasteiger partial charge in [0.05, 0.1) is 17.2 Å². The minimum Gasteiger partial charge on any atom is -0.345 e.